The molecule has 6 nitrogen and oxygen atoms in total. The minimum absolute atomic E-state index is 0.145. The number of carboxylic acids is 2. The Morgan fingerprint density at radius 1 is 0.600 bits per heavy atom. The maximum absolute atomic E-state index is 13.7. The summed E-state index contributed by atoms with van der Waals surface area (Å²) in [6.45, 7) is 3.72. The van der Waals surface area contributed by atoms with Gasteiger partial charge in [0.2, 0.25) is 0 Å². The van der Waals surface area contributed by atoms with Crippen LogP contribution in [-0.4, -0.2) is 43.8 Å². The van der Waals surface area contributed by atoms with Gasteiger partial charge in [0.25, 0.3) is 0 Å². The summed E-state index contributed by atoms with van der Waals surface area (Å²) < 4.78 is 50.3. The van der Waals surface area contributed by atoms with Gasteiger partial charge in [0.05, 0.1) is 12.8 Å². The highest BCUT2D eigenvalue weighted by molar-refractivity contribution is 7.91. The van der Waals surface area contributed by atoms with Gasteiger partial charge in [-0.1, -0.05) is 12.1 Å². The van der Waals surface area contributed by atoms with E-state index in [0.29, 0.717) is 22.3 Å². The lowest BCUT2D eigenvalue weighted by molar-refractivity contribution is -0.136. The molecule has 0 aromatic heterocycles. The smallest absolute Gasteiger partial charge is 0.307 e. The first-order valence-electron chi connectivity index (χ1n) is 15.5. The molecule has 0 spiro atoms. The molecule has 6 rings (SSSR count). The Morgan fingerprint density at radius 2 is 0.940 bits per heavy atom. The van der Waals surface area contributed by atoms with E-state index in [2.05, 4.69) is 0 Å². The zero-order valence-electron chi connectivity index (χ0n) is 27.8. The average Bonchev–Trinajstić information content (AvgIpc) is 3.45. The minimum Gasteiger partial charge on any atom is -0.612 e. The molecule has 2 N–H and O–H groups in total. The molecule has 0 amide bonds. The van der Waals surface area contributed by atoms with Gasteiger partial charge < -0.3 is 19.3 Å². The lowest BCUT2D eigenvalue weighted by Gasteiger charge is -2.06. The molecule has 10 heteroatoms. The van der Waals surface area contributed by atoms with Gasteiger partial charge in [-0.2, -0.15) is 0 Å². The highest BCUT2D eigenvalue weighted by Crippen LogP contribution is 2.45. The first kappa shape index (κ1) is 36.5. The summed E-state index contributed by atoms with van der Waals surface area (Å²) in [4.78, 5) is 23.9. The van der Waals surface area contributed by atoms with Crippen molar-refractivity contribution in [3.05, 3.63) is 141 Å². The van der Waals surface area contributed by atoms with Crippen LogP contribution < -0.4 is 0 Å². The van der Waals surface area contributed by atoms with Crippen molar-refractivity contribution in [3.8, 4) is 0 Å². The van der Waals surface area contributed by atoms with Crippen molar-refractivity contribution in [2.75, 3.05) is 12.5 Å². The molecule has 0 bridgehead atoms. The Kier molecular flexibility index (Phi) is 11.3. The van der Waals surface area contributed by atoms with Gasteiger partial charge in [-0.3, -0.25) is 9.59 Å². The van der Waals surface area contributed by atoms with Gasteiger partial charge in [-0.15, -0.1) is 0 Å². The second-order valence-corrected chi connectivity index (χ2v) is 14.6. The van der Waals surface area contributed by atoms with Gasteiger partial charge in [0, 0.05) is 0 Å². The lowest BCUT2D eigenvalue weighted by atomic mass is 10.0. The van der Waals surface area contributed by atoms with Crippen molar-refractivity contribution in [3.63, 3.8) is 0 Å². The van der Waals surface area contributed by atoms with Gasteiger partial charge in [0.1, 0.15) is 24.1 Å². The van der Waals surface area contributed by atoms with Crippen molar-refractivity contribution >= 4 is 68.7 Å². The van der Waals surface area contributed by atoms with E-state index < -0.39 is 34.3 Å². The quantitative estimate of drug-likeness (QED) is 0.176. The number of allylic oxidation sites excluding steroid dienone is 4. The molecule has 2 unspecified atom stereocenters. The standard InChI is InChI=1S/2C20H17FO3S/c2*1-12-17(9-13-3-6-15(7-4-13)25(2)24)16-8-5-14(21)10-19(16)18(12)11-20(22)23/h2*3-10H,11H2,1-2H3,(H,22,23)/b17-9+;17-9-. The highest BCUT2D eigenvalue weighted by Gasteiger charge is 2.27. The zero-order chi connectivity index (χ0) is 36.3. The fourth-order valence-corrected chi connectivity index (χ4v) is 7.15. The van der Waals surface area contributed by atoms with Crippen LogP contribution in [0.3, 0.4) is 0 Å². The molecule has 0 saturated carbocycles. The van der Waals surface area contributed by atoms with Crippen LogP contribution in [0, 0.1) is 11.6 Å². The van der Waals surface area contributed by atoms with Crippen LogP contribution >= 0.6 is 0 Å². The summed E-state index contributed by atoms with van der Waals surface area (Å²) in [6, 6.07) is 23.6. The molecular formula is C40H34F2O6S2. The van der Waals surface area contributed by atoms with Gasteiger partial charge in [0.15, 0.2) is 9.79 Å². The number of fused-ring (bicyclic) bond motifs is 2. The number of halogens is 2. The molecule has 0 heterocycles. The van der Waals surface area contributed by atoms with Crippen molar-refractivity contribution in [2.24, 2.45) is 0 Å². The van der Waals surface area contributed by atoms with Crippen LogP contribution in [0.1, 0.15) is 60.1 Å². The van der Waals surface area contributed by atoms with Gasteiger partial charge in [-0.25, -0.2) is 8.78 Å². The first-order chi connectivity index (χ1) is 23.7. The molecule has 2 aliphatic carbocycles. The van der Waals surface area contributed by atoms with E-state index in [1.54, 1.807) is 48.9 Å². The van der Waals surface area contributed by atoms with Gasteiger partial charge >= 0.3 is 11.9 Å². The zero-order valence-corrected chi connectivity index (χ0v) is 29.4. The molecule has 0 radical (unpaired) electrons. The predicted molar refractivity (Wildman–Crippen MR) is 196 cm³/mol. The van der Waals surface area contributed by atoms with Gasteiger partial charge in [-0.05, 0) is 188 Å². The number of hydrogen-bond acceptors (Lipinski definition) is 4. The van der Waals surface area contributed by atoms with Crippen molar-refractivity contribution in [1.29, 1.82) is 0 Å². The molecule has 0 aliphatic heterocycles. The summed E-state index contributed by atoms with van der Waals surface area (Å²) in [5, 5.41) is 18.3. The summed E-state index contributed by atoms with van der Waals surface area (Å²) in [5.74, 6) is -2.66. The second-order valence-electron chi connectivity index (χ2n) is 11.9. The van der Waals surface area contributed by atoms with Crippen LogP contribution in [0.15, 0.2) is 106 Å². The van der Waals surface area contributed by atoms with E-state index >= 15 is 0 Å². The SMILES string of the molecule is CC1=C(CC(=O)O)c2cc(F)ccc2/C1=C/c1ccc([S+](C)[O-])cc1.CC1=C(CC(=O)O)c2cc(F)ccc2/C1=C\c1ccc([S+](C)[O-])cc1. The van der Waals surface area contributed by atoms with Crippen molar-refractivity contribution in [2.45, 2.75) is 36.5 Å². The van der Waals surface area contributed by atoms with E-state index in [4.69, 9.17) is 10.2 Å². The molecule has 4 aromatic rings. The van der Waals surface area contributed by atoms with Crippen LogP contribution in [0.2, 0.25) is 0 Å². The van der Waals surface area contributed by atoms with Crippen molar-refractivity contribution in [1.82, 2.24) is 0 Å². The van der Waals surface area contributed by atoms with Crippen LogP contribution in [-0.2, 0) is 31.9 Å². The van der Waals surface area contributed by atoms with E-state index in [9.17, 15) is 27.5 Å². The highest BCUT2D eigenvalue weighted by atomic mass is 32.2. The third kappa shape index (κ3) is 8.17. The van der Waals surface area contributed by atoms with Crippen molar-refractivity contribution < 1.29 is 37.7 Å². The number of hydrogen-bond donors (Lipinski definition) is 2. The monoisotopic (exact) mass is 712 g/mol. The maximum Gasteiger partial charge on any atom is 0.307 e. The molecule has 4 aromatic carbocycles. The number of carbonyl (C=O) groups is 2. The van der Waals surface area contributed by atoms with Crippen LogP contribution in [0.5, 0.6) is 0 Å². The van der Waals surface area contributed by atoms with Crippen LogP contribution in [0.4, 0.5) is 8.78 Å². The topological polar surface area (TPSA) is 121 Å². The predicted octanol–water partition coefficient (Wildman–Crippen LogP) is 8.73. The molecule has 0 saturated heterocycles. The third-order valence-corrected chi connectivity index (χ3v) is 10.5. The molecule has 0 fully saturated rings. The number of benzene rings is 4. The maximum atomic E-state index is 13.7. The summed E-state index contributed by atoms with van der Waals surface area (Å²) >= 11 is -2.07. The van der Waals surface area contributed by atoms with E-state index in [-0.39, 0.29) is 24.5 Å². The fourth-order valence-electron chi connectivity index (χ4n) is 6.11. The van der Waals surface area contributed by atoms with E-state index in [1.165, 1.54) is 24.3 Å². The molecule has 50 heavy (non-hydrogen) atoms. The Hall–Kier alpha value is -4.74. The Morgan fingerprint density at radius 3 is 1.24 bits per heavy atom. The summed E-state index contributed by atoms with van der Waals surface area (Å²) in [5.41, 5.74) is 9.49. The normalized spacial score (nSPS) is 16.2. The van der Waals surface area contributed by atoms with E-state index in [0.717, 1.165) is 54.3 Å². The lowest BCUT2D eigenvalue weighted by Crippen LogP contribution is -1.97. The summed E-state index contributed by atoms with van der Waals surface area (Å²) in [7, 11) is 0. The number of rotatable bonds is 8. The summed E-state index contributed by atoms with van der Waals surface area (Å²) in [6.07, 6.45) is 6.86. The van der Waals surface area contributed by atoms with Crippen LogP contribution in [0.25, 0.3) is 34.4 Å². The number of carboxylic acid groups (broad SMARTS) is 2. The minimum atomic E-state index is -1.04. The second kappa shape index (κ2) is 15.4. The largest absolute Gasteiger partial charge is 0.612 e. The Labute approximate surface area is 295 Å². The fraction of sp³-hybridized carbons (Fsp3) is 0.150. The van der Waals surface area contributed by atoms with E-state index in [1.807, 2.05) is 50.3 Å². The number of aliphatic carboxylic acids is 2. The Bertz CT molecular complexity index is 1940. The molecule has 2 aliphatic rings. The average molecular weight is 713 g/mol. The molecular weight excluding hydrogens is 679 g/mol. The molecule has 256 valence electrons. The first-order valence-corrected chi connectivity index (χ1v) is 18.6. The molecule has 2 atom stereocenters. The Balaban J connectivity index is 0.000000194. The third-order valence-electron chi connectivity index (χ3n) is 8.61.